The van der Waals surface area contributed by atoms with Gasteiger partial charge in [0, 0.05) is 4.47 Å². The van der Waals surface area contributed by atoms with Gasteiger partial charge in [-0.2, -0.15) is 0 Å². The summed E-state index contributed by atoms with van der Waals surface area (Å²) < 4.78 is 0.961. The number of alkyl halides is 1. The van der Waals surface area contributed by atoms with Gasteiger partial charge in [0.05, 0.1) is 15.9 Å². The summed E-state index contributed by atoms with van der Waals surface area (Å²) in [5.74, 6) is 0. The normalized spacial score (nSPS) is 12.8. The number of H-pyrrole nitrogens is 2. The standard InChI is InChI=1S/C15H12Br2N2O/c1-8-2-4-9(5-3-8)14(17)10-6-12-13(7-11(10)16)19-15(20)18-12/h2-7,14H,1H3,(H2,18,19,20). The molecular formula is C15H12Br2N2O. The van der Waals surface area contributed by atoms with Crippen molar-refractivity contribution in [1.82, 2.24) is 9.97 Å². The molecule has 20 heavy (non-hydrogen) atoms. The first kappa shape index (κ1) is 13.6. The lowest BCUT2D eigenvalue weighted by Crippen LogP contribution is -1.99. The number of hydrogen-bond donors (Lipinski definition) is 2. The van der Waals surface area contributed by atoms with Crippen LogP contribution in [0.3, 0.4) is 0 Å². The van der Waals surface area contributed by atoms with E-state index in [1.807, 2.05) is 12.1 Å². The fourth-order valence-corrected chi connectivity index (χ4v) is 3.75. The number of imidazole rings is 1. The molecule has 1 heterocycles. The lowest BCUT2D eigenvalue weighted by Gasteiger charge is -2.13. The van der Waals surface area contributed by atoms with E-state index in [1.54, 1.807) is 0 Å². The molecule has 0 bridgehead atoms. The van der Waals surface area contributed by atoms with Crippen molar-refractivity contribution >= 4 is 42.9 Å². The number of aryl methyl sites for hydroxylation is 1. The lowest BCUT2D eigenvalue weighted by molar-refractivity contribution is 1.16. The van der Waals surface area contributed by atoms with Crippen LogP contribution in [0.2, 0.25) is 0 Å². The van der Waals surface area contributed by atoms with Gasteiger partial charge in [-0.15, -0.1) is 0 Å². The van der Waals surface area contributed by atoms with Crippen molar-refractivity contribution in [2.45, 2.75) is 11.8 Å². The van der Waals surface area contributed by atoms with E-state index < -0.39 is 0 Å². The highest BCUT2D eigenvalue weighted by Crippen LogP contribution is 2.36. The quantitative estimate of drug-likeness (QED) is 0.620. The van der Waals surface area contributed by atoms with Gasteiger partial charge in [-0.1, -0.05) is 61.7 Å². The molecule has 3 rings (SSSR count). The van der Waals surface area contributed by atoms with Crippen LogP contribution in [0.1, 0.15) is 21.5 Å². The van der Waals surface area contributed by atoms with Gasteiger partial charge in [0.2, 0.25) is 0 Å². The highest BCUT2D eigenvalue weighted by Gasteiger charge is 2.15. The summed E-state index contributed by atoms with van der Waals surface area (Å²) >= 11 is 7.30. The van der Waals surface area contributed by atoms with Crippen LogP contribution in [0.5, 0.6) is 0 Å². The smallest absolute Gasteiger partial charge is 0.306 e. The Morgan fingerprint density at radius 2 is 1.65 bits per heavy atom. The van der Waals surface area contributed by atoms with Crippen LogP contribution in [0.15, 0.2) is 45.7 Å². The average Bonchev–Trinajstić information content (AvgIpc) is 2.77. The largest absolute Gasteiger partial charge is 0.323 e. The van der Waals surface area contributed by atoms with Crippen molar-refractivity contribution in [3.8, 4) is 0 Å². The zero-order valence-corrected chi connectivity index (χ0v) is 13.9. The van der Waals surface area contributed by atoms with Crippen molar-refractivity contribution in [1.29, 1.82) is 0 Å². The third-order valence-electron chi connectivity index (χ3n) is 3.28. The molecule has 102 valence electrons. The molecule has 1 aromatic heterocycles. The van der Waals surface area contributed by atoms with Gasteiger partial charge in [-0.25, -0.2) is 4.79 Å². The number of aromatic amines is 2. The molecule has 0 spiro atoms. The molecule has 2 N–H and O–H groups in total. The first-order valence-electron chi connectivity index (χ1n) is 6.16. The minimum atomic E-state index is -0.189. The number of rotatable bonds is 2. The van der Waals surface area contributed by atoms with Crippen LogP contribution >= 0.6 is 31.9 Å². The fraction of sp³-hybridized carbons (Fsp3) is 0.133. The van der Waals surface area contributed by atoms with Crippen LogP contribution in [-0.2, 0) is 0 Å². The van der Waals surface area contributed by atoms with E-state index in [0.29, 0.717) is 0 Å². The molecule has 0 amide bonds. The van der Waals surface area contributed by atoms with Crippen molar-refractivity contribution < 1.29 is 0 Å². The predicted octanol–water partition coefficient (Wildman–Crippen LogP) is 4.41. The summed E-state index contributed by atoms with van der Waals surface area (Å²) in [6.07, 6.45) is 0. The maximum Gasteiger partial charge on any atom is 0.323 e. The van der Waals surface area contributed by atoms with Crippen LogP contribution < -0.4 is 5.69 Å². The first-order chi connectivity index (χ1) is 9.54. The van der Waals surface area contributed by atoms with Gasteiger partial charge in [0.15, 0.2) is 0 Å². The van der Waals surface area contributed by atoms with E-state index in [0.717, 1.165) is 21.1 Å². The summed E-state index contributed by atoms with van der Waals surface area (Å²) in [6, 6.07) is 12.3. The fourth-order valence-electron chi connectivity index (χ4n) is 2.18. The van der Waals surface area contributed by atoms with E-state index in [4.69, 9.17) is 0 Å². The van der Waals surface area contributed by atoms with Crippen molar-refractivity contribution in [3.63, 3.8) is 0 Å². The zero-order valence-electron chi connectivity index (χ0n) is 10.7. The Morgan fingerprint density at radius 1 is 1.05 bits per heavy atom. The third-order valence-corrected chi connectivity index (χ3v) is 4.98. The maximum atomic E-state index is 11.4. The minimum Gasteiger partial charge on any atom is -0.306 e. The Kier molecular flexibility index (Phi) is 3.56. The number of fused-ring (bicyclic) bond motifs is 1. The zero-order chi connectivity index (χ0) is 14.3. The van der Waals surface area contributed by atoms with E-state index in [9.17, 15) is 4.79 Å². The minimum absolute atomic E-state index is 0.0697. The van der Waals surface area contributed by atoms with E-state index in [1.165, 1.54) is 11.1 Å². The Labute approximate surface area is 132 Å². The van der Waals surface area contributed by atoms with Crippen LogP contribution in [-0.4, -0.2) is 9.97 Å². The highest BCUT2D eigenvalue weighted by atomic mass is 79.9. The molecule has 0 aliphatic carbocycles. The molecule has 0 aliphatic rings. The van der Waals surface area contributed by atoms with Crippen LogP contribution in [0.25, 0.3) is 11.0 Å². The monoisotopic (exact) mass is 394 g/mol. The summed E-state index contributed by atoms with van der Waals surface area (Å²) in [5, 5.41) is 0. The Bertz CT molecular complexity index is 818. The summed E-state index contributed by atoms with van der Waals surface area (Å²) in [4.78, 5) is 17.0. The molecule has 0 saturated carbocycles. The Morgan fingerprint density at radius 3 is 2.30 bits per heavy atom. The summed E-state index contributed by atoms with van der Waals surface area (Å²) in [5.41, 5.74) is 4.91. The SMILES string of the molecule is Cc1ccc(C(Br)c2cc3[nH]c(=O)[nH]c3cc2Br)cc1. The number of benzene rings is 2. The third kappa shape index (κ3) is 2.47. The van der Waals surface area contributed by atoms with Gasteiger partial charge in [0.1, 0.15) is 0 Å². The van der Waals surface area contributed by atoms with Gasteiger partial charge < -0.3 is 9.97 Å². The van der Waals surface area contributed by atoms with Gasteiger partial charge in [0.25, 0.3) is 0 Å². The number of aromatic nitrogens is 2. The van der Waals surface area contributed by atoms with Gasteiger partial charge in [-0.3, -0.25) is 0 Å². The molecule has 2 aromatic carbocycles. The molecule has 1 atom stereocenters. The molecular weight excluding hydrogens is 384 g/mol. The molecule has 0 radical (unpaired) electrons. The number of hydrogen-bond acceptors (Lipinski definition) is 1. The van der Waals surface area contributed by atoms with Crippen molar-refractivity contribution in [3.05, 3.63) is 68.0 Å². The first-order valence-corrected chi connectivity index (χ1v) is 7.87. The molecule has 0 aliphatic heterocycles. The summed E-state index contributed by atoms with van der Waals surface area (Å²) in [6.45, 7) is 2.07. The van der Waals surface area contributed by atoms with Crippen LogP contribution in [0.4, 0.5) is 0 Å². The maximum absolute atomic E-state index is 11.4. The predicted molar refractivity (Wildman–Crippen MR) is 88.6 cm³/mol. The second-order valence-electron chi connectivity index (χ2n) is 4.77. The molecule has 1 unspecified atom stereocenters. The lowest BCUT2D eigenvalue weighted by atomic mass is 10.0. The molecule has 0 saturated heterocycles. The second-order valence-corrected chi connectivity index (χ2v) is 6.54. The van der Waals surface area contributed by atoms with Crippen LogP contribution in [0, 0.1) is 6.92 Å². The molecule has 3 nitrogen and oxygen atoms in total. The number of nitrogens with one attached hydrogen (secondary N) is 2. The molecule has 5 heteroatoms. The van der Waals surface area contributed by atoms with Crippen molar-refractivity contribution in [2.75, 3.05) is 0 Å². The van der Waals surface area contributed by atoms with E-state index >= 15 is 0 Å². The van der Waals surface area contributed by atoms with Gasteiger partial charge >= 0.3 is 5.69 Å². The molecule has 3 aromatic rings. The highest BCUT2D eigenvalue weighted by molar-refractivity contribution is 9.11. The van der Waals surface area contributed by atoms with Crippen molar-refractivity contribution in [2.24, 2.45) is 0 Å². The number of halogens is 2. The second kappa shape index (κ2) is 5.22. The molecule has 0 fully saturated rings. The Balaban J connectivity index is 2.10. The Hall–Kier alpha value is -1.33. The van der Waals surface area contributed by atoms with Gasteiger partial charge in [-0.05, 0) is 30.2 Å². The topological polar surface area (TPSA) is 48.6 Å². The van der Waals surface area contributed by atoms with E-state index in [-0.39, 0.29) is 10.5 Å². The average molecular weight is 396 g/mol. The summed E-state index contributed by atoms with van der Waals surface area (Å²) in [7, 11) is 0. The van der Waals surface area contributed by atoms with E-state index in [2.05, 4.69) is 73.0 Å².